The molecule has 1 aliphatic heterocycles. The number of carbonyl (C=O) groups excluding carboxylic acids is 3. The standard InChI is InChI=1S/C27H25ClN2O6S/c1-4-5-13-36-19-8-6-7-17(14-19)22(31)20-21(16-9-11-18(28)12-10-16)30(25(33)23(20)32)27-29-15(2)24(37-27)26(34)35-3/h6-12,14,21,31H,4-5,13H2,1-3H3/b22-20+. The van der Waals surface area contributed by atoms with Gasteiger partial charge in [0.1, 0.15) is 16.4 Å². The molecule has 0 aliphatic carbocycles. The smallest absolute Gasteiger partial charge is 0.350 e. The van der Waals surface area contributed by atoms with Crippen LogP contribution in [0, 0.1) is 6.92 Å². The lowest BCUT2D eigenvalue weighted by Gasteiger charge is -2.23. The average Bonchev–Trinajstić information content (AvgIpc) is 3.40. The van der Waals surface area contributed by atoms with Crippen molar-refractivity contribution in [3.05, 3.63) is 80.8 Å². The average molecular weight is 541 g/mol. The number of benzene rings is 2. The summed E-state index contributed by atoms with van der Waals surface area (Å²) >= 11 is 7.02. The van der Waals surface area contributed by atoms with Gasteiger partial charge < -0.3 is 14.6 Å². The summed E-state index contributed by atoms with van der Waals surface area (Å²) in [6.07, 6.45) is 1.84. The Balaban J connectivity index is 1.85. The van der Waals surface area contributed by atoms with Crippen molar-refractivity contribution in [2.45, 2.75) is 32.7 Å². The Kier molecular flexibility index (Phi) is 7.94. The molecule has 2 aromatic carbocycles. The lowest BCUT2D eigenvalue weighted by atomic mass is 9.95. The van der Waals surface area contributed by atoms with Gasteiger partial charge in [-0.3, -0.25) is 14.5 Å². The van der Waals surface area contributed by atoms with Crippen molar-refractivity contribution in [2.24, 2.45) is 0 Å². The van der Waals surface area contributed by atoms with E-state index in [9.17, 15) is 19.5 Å². The van der Waals surface area contributed by atoms with E-state index in [1.807, 2.05) is 0 Å². The fourth-order valence-corrected chi connectivity index (χ4v) is 5.12. The molecule has 1 amide bonds. The van der Waals surface area contributed by atoms with Gasteiger partial charge in [-0.1, -0.05) is 60.5 Å². The first kappa shape index (κ1) is 26.4. The van der Waals surface area contributed by atoms with Crippen molar-refractivity contribution in [1.29, 1.82) is 0 Å². The maximum Gasteiger partial charge on any atom is 0.350 e. The number of aromatic nitrogens is 1. The minimum absolute atomic E-state index is 0.106. The summed E-state index contributed by atoms with van der Waals surface area (Å²) in [6, 6.07) is 12.3. The number of nitrogens with zero attached hydrogens (tertiary/aromatic N) is 2. The molecule has 8 nitrogen and oxygen atoms in total. The molecule has 1 aliphatic rings. The summed E-state index contributed by atoms with van der Waals surface area (Å²) in [5, 5.41) is 12.0. The van der Waals surface area contributed by atoms with E-state index in [0.717, 1.165) is 24.2 Å². The quantitative estimate of drug-likeness (QED) is 0.128. The van der Waals surface area contributed by atoms with Crippen LogP contribution >= 0.6 is 22.9 Å². The molecular formula is C27H25ClN2O6S. The van der Waals surface area contributed by atoms with Crippen LogP contribution in [0.4, 0.5) is 5.13 Å². The predicted molar refractivity (Wildman–Crippen MR) is 141 cm³/mol. The number of aryl methyl sites for hydroxylation is 1. The van der Waals surface area contributed by atoms with Crippen molar-refractivity contribution in [1.82, 2.24) is 4.98 Å². The molecular weight excluding hydrogens is 516 g/mol. The number of carbonyl (C=O) groups is 3. The van der Waals surface area contributed by atoms with Crippen molar-refractivity contribution < 1.29 is 29.0 Å². The van der Waals surface area contributed by atoms with E-state index in [-0.39, 0.29) is 21.3 Å². The van der Waals surface area contributed by atoms with Crippen LogP contribution in [-0.4, -0.2) is 41.5 Å². The number of methoxy groups -OCH3 is 1. The van der Waals surface area contributed by atoms with Gasteiger partial charge in [-0.2, -0.15) is 0 Å². The van der Waals surface area contributed by atoms with Gasteiger partial charge in [-0.15, -0.1) is 0 Å². The lowest BCUT2D eigenvalue weighted by molar-refractivity contribution is -0.132. The highest BCUT2D eigenvalue weighted by Gasteiger charge is 2.48. The molecule has 0 radical (unpaired) electrons. The number of ether oxygens (including phenoxy) is 2. The van der Waals surface area contributed by atoms with E-state index in [2.05, 4.69) is 11.9 Å². The normalized spacial score (nSPS) is 16.8. The third kappa shape index (κ3) is 5.23. The minimum atomic E-state index is -1.00. The summed E-state index contributed by atoms with van der Waals surface area (Å²) in [6.45, 7) is 4.19. The number of aliphatic hydroxyl groups excluding tert-OH is 1. The Hall–Kier alpha value is -3.69. The number of unbranched alkanes of at least 4 members (excludes halogenated alkanes) is 1. The zero-order valence-corrected chi connectivity index (χ0v) is 22.1. The number of hydrogen-bond donors (Lipinski definition) is 1. The Morgan fingerprint density at radius 1 is 1.19 bits per heavy atom. The summed E-state index contributed by atoms with van der Waals surface area (Å²) in [5.74, 6) is -2.15. The monoisotopic (exact) mass is 540 g/mol. The SMILES string of the molecule is CCCCOc1cccc(/C(O)=C2\C(=O)C(=O)N(c3nc(C)c(C(=O)OC)s3)C2c2ccc(Cl)cc2)c1. The third-order valence-corrected chi connectivity index (χ3v) is 7.26. The van der Waals surface area contributed by atoms with E-state index in [1.54, 1.807) is 55.5 Å². The Labute approximate surface area is 223 Å². The van der Waals surface area contributed by atoms with Crippen LogP contribution in [0.3, 0.4) is 0 Å². The number of ketones is 1. The van der Waals surface area contributed by atoms with Gasteiger partial charge >= 0.3 is 11.9 Å². The fourth-order valence-electron chi connectivity index (χ4n) is 3.98. The van der Waals surface area contributed by atoms with Gasteiger partial charge in [0.05, 0.1) is 31.0 Å². The number of Topliss-reactive ketones (excluding diaryl/α,β-unsaturated/α-hetero) is 1. The Bertz CT molecular complexity index is 1380. The van der Waals surface area contributed by atoms with Crippen molar-refractivity contribution in [2.75, 3.05) is 18.6 Å². The van der Waals surface area contributed by atoms with Crippen molar-refractivity contribution in [3.8, 4) is 5.75 Å². The zero-order valence-electron chi connectivity index (χ0n) is 20.5. The van der Waals surface area contributed by atoms with E-state index in [1.165, 1.54) is 12.0 Å². The number of halogens is 1. The van der Waals surface area contributed by atoms with E-state index < -0.39 is 23.7 Å². The minimum Gasteiger partial charge on any atom is -0.507 e. The van der Waals surface area contributed by atoms with E-state index in [4.69, 9.17) is 21.1 Å². The van der Waals surface area contributed by atoms with Gasteiger partial charge in [-0.25, -0.2) is 9.78 Å². The molecule has 1 aromatic heterocycles. The van der Waals surface area contributed by atoms with Crippen LogP contribution in [0.25, 0.3) is 5.76 Å². The highest BCUT2D eigenvalue weighted by molar-refractivity contribution is 7.17. The van der Waals surface area contributed by atoms with Gasteiger partial charge in [0, 0.05) is 10.6 Å². The second kappa shape index (κ2) is 11.1. The molecule has 4 rings (SSSR count). The molecule has 1 saturated heterocycles. The fraction of sp³-hybridized carbons (Fsp3) is 0.259. The van der Waals surface area contributed by atoms with Crippen molar-refractivity contribution in [3.63, 3.8) is 0 Å². The van der Waals surface area contributed by atoms with Crippen LogP contribution in [-0.2, 0) is 14.3 Å². The zero-order chi connectivity index (χ0) is 26.7. The summed E-state index contributed by atoms with van der Waals surface area (Å²) in [7, 11) is 1.25. The van der Waals surface area contributed by atoms with Crippen LogP contribution in [0.1, 0.15) is 52.3 Å². The third-order valence-electron chi connectivity index (χ3n) is 5.87. The largest absolute Gasteiger partial charge is 0.507 e. The number of anilines is 1. The van der Waals surface area contributed by atoms with Gasteiger partial charge in [-0.05, 0) is 43.2 Å². The number of amides is 1. The molecule has 2 heterocycles. The number of esters is 1. The van der Waals surface area contributed by atoms with Crippen LogP contribution in [0.2, 0.25) is 5.02 Å². The molecule has 37 heavy (non-hydrogen) atoms. The molecule has 0 saturated carbocycles. The molecule has 1 unspecified atom stereocenters. The summed E-state index contributed by atoms with van der Waals surface area (Å²) < 4.78 is 10.6. The molecule has 192 valence electrons. The number of hydrogen-bond acceptors (Lipinski definition) is 8. The number of aliphatic hydroxyl groups is 1. The first-order chi connectivity index (χ1) is 17.8. The summed E-state index contributed by atoms with van der Waals surface area (Å²) in [4.78, 5) is 44.7. The molecule has 0 spiro atoms. The second-order valence-corrected chi connectivity index (χ2v) is 9.77. The van der Waals surface area contributed by atoms with Crippen LogP contribution in [0.15, 0.2) is 54.1 Å². The van der Waals surface area contributed by atoms with E-state index >= 15 is 0 Å². The molecule has 3 aromatic rings. The van der Waals surface area contributed by atoms with Gasteiger partial charge in [0.2, 0.25) is 0 Å². The topological polar surface area (TPSA) is 106 Å². The first-order valence-electron chi connectivity index (χ1n) is 11.6. The Morgan fingerprint density at radius 3 is 2.59 bits per heavy atom. The maximum atomic E-state index is 13.4. The number of thiazole rings is 1. The molecule has 1 fully saturated rings. The second-order valence-electron chi connectivity index (χ2n) is 8.35. The van der Waals surface area contributed by atoms with Gasteiger partial charge in [0.25, 0.3) is 5.78 Å². The molecule has 10 heteroatoms. The maximum absolute atomic E-state index is 13.4. The summed E-state index contributed by atoms with van der Waals surface area (Å²) in [5.41, 5.74) is 1.12. The lowest BCUT2D eigenvalue weighted by Crippen LogP contribution is -2.29. The van der Waals surface area contributed by atoms with Crippen LogP contribution in [0.5, 0.6) is 5.75 Å². The highest BCUT2D eigenvalue weighted by atomic mass is 35.5. The van der Waals surface area contributed by atoms with Crippen LogP contribution < -0.4 is 9.64 Å². The molecule has 1 atom stereocenters. The van der Waals surface area contributed by atoms with E-state index in [0.29, 0.717) is 34.2 Å². The predicted octanol–water partition coefficient (Wildman–Crippen LogP) is 5.70. The first-order valence-corrected chi connectivity index (χ1v) is 12.8. The molecule has 1 N–H and O–H groups in total. The van der Waals surface area contributed by atoms with Crippen molar-refractivity contribution >= 4 is 51.5 Å². The number of rotatable bonds is 8. The Morgan fingerprint density at radius 2 is 1.92 bits per heavy atom. The van der Waals surface area contributed by atoms with Gasteiger partial charge in [0.15, 0.2) is 5.13 Å². The highest BCUT2D eigenvalue weighted by Crippen LogP contribution is 2.44. The molecule has 0 bridgehead atoms.